The van der Waals surface area contributed by atoms with E-state index in [-0.39, 0.29) is 5.41 Å². The van der Waals surface area contributed by atoms with Crippen LogP contribution in [-0.2, 0) is 9.47 Å². The van der Waals surface area contributed by atoms with Gasteiger partial charge in [0.15, 0.2) is 5.79 Å². The molecular formula is C34H63NO2. The molecule has 216 valence electrons. The minimum Gasteiger partial charge on any atom is -0.385 e. The van der Waals surface area contributed by atoms with E-state index in [4.69, 9.17) is 9.47 Å². The summed E-state index contributed by atoms with van der Waals surface area (Å²) in [6.07, 6.45) is 23.5. The van der Waals surface area contributed by atoms with Crippen molar-refractivity contribution in [3.63, 3.8) is 0 Å². The van der Waals surface area contributed by atoms with Gasteiger partial charge >= 0.3 is 0 Å². The maximum absolute atomic E-state index is 6.30. The summed E-state index contributed by atoms with van der Waals surface area (Å²) < 4.78 is 12.6. The van der Waals surface area contributed by atoms with Crippen LogP contribution in [0, 0.1) is 11.3 Å². The van der Waals surface area contributed by atoms with Crippen LogP contribution in [0.4, 0.5) is 5.69 Å². The minimum atomic E-state index is -0.588. The smallest absolute Gasteiger partial charge is 0.170 e. The average Bonchev–Trinajstić information content (AvgIpc) is 2.93. The zero-order valence-corrected chi connectivity index (χ0v) is 25.7. The van der Waals surface area contributed by atoms with E-state index in [1.165, 1.54) is 115 Å². The predicted octanol–water partition coefficient (Wildman–Crippen LogP) is 10.8. The van der Waals surface area contributed by atoms with Gasteiger partial charge < -0.3 is 14.8 Å². The number of anilines is 1. The Balaban J connectivity index is 3.07. The van der Waals surface area contributed by atoms with Crippen molar-refractivity contribution >= 4 is 5.69 Å². The molecule has 3 heteroatoms. The van der Waals surface area contributed by atoms with E-state index in [1.54, 1.807) is 0 Å². The molecule has 0 aliphatic rings. The quantitative estimate of drug-likeness (QED) is 0.103. The van der Waals surface area contributed by atoms with Crippen LogP contribution < -0.4 is 5.32 Å². The number of methoxy groups -OCH3 is 2. The van der Waals surface area contributed by atoms with Crippen LogP contribution in [0.25, 0.3) is 0 Å². The van der Waals surface area contributed by atoms with E-state index in [2.05, 4.69) is 63.3 Å². The normalized spacial score (nSPS) is 14.4. The van der Waals surface area contributed by atoms with Crippen LogP contribution in [0.15, 0.2) is 30.3 Å². The second-order valence-corrected chi connectivity index (χ2v) is 11.5. The molecule has 3 nitrogen and oxygen atoms in total. The lowest BCUT2D eigenvalue weighted by Crippen LogP contribution is -2.54. The molecule has 1 N–H and O–H groups in total. The van der Waals surface area contributed by atoms with E-state index in [9.17, 15) is 0 Å². The summed E-state index contributed by atoms with van der Waals surface area (Å²) in [7, 11) is 3.72. The standard InChI is InChI=1S/C34H63NO2/c1-7-10-12-14-15-16-18-23-28-34(33(4,36-5)37-6,29-30-35-32-26-21-19-22-27-32)31(24-9-3)25-20-17-13-11-8-2/h19,21-22,26-27,31,35H,7-18,20,23-25,28-30H2,1-6H3. The van der Waals surface area contributed by atoms with Crippen molar-refractivity contribution in [2.45, 2.75) is 149 Å². The highest BCUT2D eigenvalue weighted by Crippen LogP contribution is 2.52. The molecule has 0 bridgehead atoms. The molecule has 0 saturated carbocycles. The average molecular weight is 518 g/mol. The fraction of sp³-hybridized carbons (Fsp3) is 0.824. The van der Waals surface area contributed by atoms with Crippen molar-refractivity contribution in [2.75, 3.05) is 26.1 Å². The molecule has 37 heavy (non-hydrogen) atoms. The lowest BCUT2D eigenvalue weighted by Gasteiger charge is -2.52. The molecule has 0 amide bonds. The Hall–Kier alpha value is -1.06. The first kappa shape index (κ1) is 34.0. The minimum absolute atomic E-state index is 0.0126. The molecule has 0 saturated heterocycles. The summed E-state index contributed by atoms with van der Waals surface area (Å²) in [4.78, 5) is 0. The highest BCUT2D eigenvalue weighted by Gasteiger charge is 2.52. The van der Waals surface area contributed by atoms with Crippen LogP contribution >= 0.6 is 0 Å². The Kier molecular flexibility index (Phi) is 19.1. The monoisotopic (exact) mass is 517 g/mol. The van der Waals surface area contributed by atoms with Crippen molar-refractivity contribution in [1.29, 1.82) is 0 Å². The first-order valence-corrected chi connectivity index (χ1v) is 15.9. The van der Waals surface area contributed by atoms with Crippen molar-refractivity contribution in [3.05, 3.63) is 30.3 Å². The van der Waals surface area contributed by atoms with Gasteiger partial charge in [0.25, 0.3) is 0 Å². The zero-order valence-electron chi connectivity index (χ0n) is 25.7. The molecule has 2 unspecified atom stereocenters. The number of para-hydroxylation sites is 1. The van der Waals surface area contributed by atoms with Crippen LogP contribution in [0.2, 0.25) is 0 Å². The summed E-state index contributed by atoms with van der Waals surface area (Å²) in [5.74, 6) is 0.0154. The molecular weight excluding hydrogens is 454 g/mol. The molecule has 0 aromatic heterocycles. The van der Waals surface area contributed by atoms with Gasteiger partial charge in [0.2, 0.25) is 0 Å². The Labute approximate surface area is 231 Å². The van der Waals surface area contributed by atoms with Gasteiger partial charge in [0.1, 0.15) is 0 Å². The molecule has 0 aliphatic heterocycles. The molecule has 0 spiro atoms. The van der Waals surface area contributed by atoms with E-state index >= 15 is 0 Å². The number of unbranched alkanes of at least 4 members (excludes halogenated alkanes) is 11. The Morgan fingerprint density at radius 2 is 1.19 bits per heavy atom. The number of hydrogen-bond acceptors (Lipinski definition) is 3. The zero-order chi connectivity index (χ0) is 27.2. The summed E-state index contributed by atoms with van der Waals surface area (Å²) in [6, 6.07) is 10.6. The molecule has 0 fully saturated rings. The Morgan fingerprint density at radius 1 is 0.649 bits per heavy atom. The molecule has 0 radical (unpaired) electrons. The first-order valence-electron chi connectivity index (χ1n) is 15.9. The highest BCUT2D eigenvalue weighted by molar-refractivity contribution is 5.42. The Morgan fingerprint density at radius 3 is 1.73 bits per heavy atom. The van der Waals surface area contributed by atoms with Crippen molar-refractivity contribution in [2.24, 2.45) is 11.3 Å². The van der Waals surface area contributed by atoms with E-state index in [1.807, 2.05) is 14.2 Å². The predicted molar refractivity (Wildman–Crippen MR) is 163 cm³/mol. The summed E-state index contributed by atoms with van der Waals surface area (Å²) in [6.45, 7) is 10.1. The third kappa shape index (κ3) is 12.1. The van der Waals surface area contributed by atoms with Gasteiger partial charge in [-0.3, -0.25) is 0 Å². The number of benzene rings is 1. The molecule has 0 aliphatic carbocycles. The van der Waals surface area contributed by atoms with Crippen LogP contribution in [0.1, 0.15) is 143 Å². The lowest BCUT2D eigenvalue weighted by molar-refractivity contribution is -0.285. The highest BCUT2D eigenvalue weighted by atomic mass is 16.7. The number of rotatable bonds is 25. The van der Waals surface area contributed by atoms with Crippen LogP contribution in [-0.4, -0.2) is 26.6 Å². The van der Waals surface area contributed by atoms with Crippen molar-refractivity contribution < 1.29 is 9.47 Å². The summed E-state index contributed by atoms with van der Waals surface area (Å²) >= 11 is 0. The van der Waals surface area contributed by atoms with Gasteiger partial charge in [0.05, 0.1) is 0 Å². The largest absolute Gasteiger partial charge is 0.385 e. The van der Waals surface area contributed by atoms with Gasteiger partial charge in [-0.25, -0.2) is 0 Å². The van der Waals surface area contributed by atoms with E-state index in [0.29, 0.717) is 5.92 Å². The van der Waals surface area contributed by atoms with Crippen LogP contribution in [0.3, 0.4) is 0 Å². The lowest BCUT2D eigenvalue weighted by atomic mass is 9.61. The van der Waals surface area contributed by atoms with Crippen molar-refractivity contribution in [3.8, 4) is 0 Å². The fourth-order valence-electron chi connectivity index (χ4n) is 6.45. The maximum Gasteiger partial charge on any atom is 0.170 e. The summed E-state index contributed by atoms with van der Waals surface area (Å²) in [5.41, 5.74) is 1.19. The maximum atomic E-state index is 6.30. The van der Waals surface area contributed by atoms with Crippen molar-refractivity contribution in [1.82, 2.24) is 0 Å². The van der Waals surface area contributed by atoms with Gasteiger partial charge in [-0.1, -0.05) is 129 Å². The SMILES string of the molecule is CCCCCCCCCCC(CCNc1ccccc1)(C(CCC)CCCCCCC)C(C)(OC)OC. The summed E-state index contributed by atoms with van der Waals surface area (Å²) in [5, 5.41) is 3.72. The van der Waals surface area contributed by atoms with Gasteiger partial charge in [0, 0.05) is 31.9 Å². The fourth-order valence-corrected chi connectivity index (χ4v) is 6.45. The second kappa shape index (κ2) is 20.8. The number of nitrogens with one attached hydrogen (secondary N) is 1. The molecule has 1 aromatic rings. The van der Waals surface area contributed by atoms with Gasteiger partial charge in [-0.2, -0.15) is 0 Å². The third-order valence-electron chi connectivity index (χ3n) is 8.91. The third-order valence-corrected chi connectivity index (χ3v) is 8.91. The van der Waals surface area contributed by atoms with Gasteiger partial charge in [-0.05, 0) is 50.7 Å². The molecule has 1 aromatic carbocycles. The Bertz CT molecular complexity index is 630. The van der Waals surface area contributed by atoms with Crippen LogP contribution in [0.5, 0.6) is 0 Å². The molecule has 0 heterocycles. The molecule has 2 atom stereocenters. The second-order valence-electron chi connectivity index (χ2n) is 11.5. The topological polar surface area (TPSA) is 30.5 Å². The van der Waals surface area contributed by atoms with E-state index < -0.39 is 5.79 Å². The van der Waals surface area contributed by atoms with Gasteiger partial charge in [-0.15, -0.1) is 0 Å². The number of ether oxygens (including phenoxy) is 2. The molecule has 1 rings (SSSR count). The van der Waals surface area contributed by atoms with E-state index in [0.717, 1.165) is 13.0 Å². The number of hydrogen-bond donors (Lipinski definition) is 1. The first-order chi connectivity index (χ1) is 18.0.